The second-order valence-corrected chi connectivity index (χ2v) is 6.46. The Hall–Kier alpha value is -3.08. The quantitative estimate of drug-likeness (QED) is 0.625. The van der Waals surface area contributed by atoms with Gasteiger partial charge in [-0.3, -0.25) is 9.69 Å². The largest absolute Gasteiger partial charge is 0.361 e. The Morgan fingerprint density at radius 3 is 2.88 bits per heavy atom. The van der Waals surface area contributed by atoms with Crippen LogP contribution >= 0.6 is 0 Å². The van der Waals surface area contributed by atoms with E-state index >= 15 is 0 Å². The van der Waals surface area contributed by atoms with Crippen molar-refractivity contribution in [1.29, 1.82) is 0 Å². The number of hydrogen-bond donors (Lipinski definition) is 1. The number of carbonyl (C=O) groups is 1. The van der Waals surface area contributed by atoms with E-state index in [1.54, 1.807) is 0 Å². The zero-order valence-corrected chi connectivity index (χ0v) is 13.8. The second-order valence-electron chi connectivity index (χ2n) is 6.46. The number of aromatic nitrogens is 3. The number of nitrogens with zero attached hydrogens (tertiary/aromatic N) is 3. The number of rotatable bonds is 3. The van der Waals surface area contributed by atoms with E-state index in [-0.39, 0.29) is 5.91 Å². The second kappa shape index (κ2) is 5.48. The van der Waals surface area contributed by atoms with Gasteiger partial charge in [-0.2, -0.15) is 0 Å². The van der Waals surface area contributed by atoms with Gasteiger partial charge in [0.05, 0.1) is 11.0 Å². The summed E-state index contributed by atoms with van der Waals surface area (Å²) >= 11 is 0. The van der Waals surface area contributed by atoms with Gasteiger partial charge in [0.2, 0.25) is 11.9 Å². The van der Waals surface area contributed by atoms with Crippen molar-refractivity contribution in [1.82, 2.24) is 14.5 Å². The number of para-hydroxylation sites is 3. The first-order chi connectivity index (χ1) is 12.3. The average Bonchev–Trinajstić information content (AvgIpc) is 3.33. The van der Waals surface area contributed by atoms with Crippen molar-refractivity contribution in [2.75, 3.05) is 11.4 Å². The number of nitrogens with one attached hydrogen (secondary N) is 1. The first-order valence-electron chi connectivity index (χ1n) is 8.62. The first-order valence-corrected chi connectivity index (χ1v) is 8.62. The summed E-state index contributed by atoms with van der Waals surface area (Å²) in [5, 5.41) is 1.20. The maximum atomic E-state index is 12.8. The summed E-state index contributed by atoms with van der Waals surface area (Å²) in [7, 11) is 0. The highest BCUT2D eigenvalue weighted by molar-refractivity contribution is 5.95. The molecule has 2 aromatic carbocycles. The first kappa shape index (κ1) is 14.3. The predicted molar refractivity (Wildman–Crippen MR) is 98.7 cm³/mol. The van der Waals surface area contributed by atoms with E-state index in [0.29, 0.717) is 13.0 Å². The van der Waals surface area contributed by atoms with E-state index in [1.807, 2.05) is 41.4 Å². The molecule has 1 aliphatic heterocycles. The predicted octanol–water partition coefficient (Wildman–Crippen LogP) is 3.50. The van der Waals surface area contributed by atoms with Crippen LogP contribution in [-0.2, 0) is 17.8 Å². The molecule has 1 amide bonds. The van der Waals surface area contributed by atoms with Gasteiger partial charge in [0, 0.05) is 36.6 Å². The Morgan fingerprint density at radius 1 is 1.08 bits per heavy atom. The third-order valence-electron chi connectivity index (χ3n) is 5.01. The number of benzene rings is 2. The van der Waals surface area contributed by atoms with Crippen molar-refractivity contribution in [3.05, 3.63) is 60.3 Å². The molecule has 3 heterocycles. The Kier molecular flexibility index (Phi) is 3.13. The van der Waals surface area contributed by atoms with E-state index in [1.165, 1.54) is 10.9 Å². The van der Waals surface area contributed by atoms with Crippen molar-refractivity contribution < 1.29 is 4.79 Å². The lowest BCUT2D eigenvalue weighted by Crippen LogP contribution is -2.29. The molecule has 0 radical (unpaired) electrons. The molecule has 0 fully saturated rings. The third kappa shape index (κ3) is 2.23. The van der Waals surface area contributed by atoms with Gasteiger partial charge in [-0.1, -0.05) is 30.3 Å². The molecule has 124 valence electrons. The molecule has 0 bridgehead atoms. The molecular formula is C20H18N4O. The van der Waals surface area contributed by atoms with Crippen LogP contribution in [0.25, 0.3) is 21.9 Å². The van der Waals surface area contributed by atoms with E-state index in [2.05, 4.69) is 32.7 Å². The standard InChI is InChI=1S/C20H18N4O/c25-19(10-9-14-13-21-16-6-2-1-5-15(14)16)24-12-11-23-18-8-4-3-7-17(18)22-20(23)24/h1-8,13,21H,9-12H2. The molecular weight excluding hydrogens is 312 g/mol. The number of aromatic amines is 1. The lowest BCUT2D eigenvalue weighted by molar-refractivity contribution is -0.118. The molecule has 4 aromatic rings. The number of anilines is 1. The fourth-order valence-electron chi connectivity index (χ4n) is 3.74. The Labute approximate surface area is 144 Å². The van der Waals surface area contributed by atoms with Crippen LogP contribution in [-0.4, -0.2) is 27.0 Å². The molecule has 0 unspecified atom stereocenters. The van der Waals surface area contributed by atoms with Gasteiger partial charge in [0.25, 0.3) is 0 Å². The van der Waals surface area contributed by atoms with Gasteiger partial charge in [-0.05, 0) is 30.2 Å². The molecule has 0 spiro atoms. The summed E-state index contributed by atoms with van der Waals surface area (Å²) in [6.45, 7) is 1.52. The Morgan fingerprint density at radius 2 is 1.92 bits per heavy atom. The lowest BCUT2D eigenvalue weighted by atomic mass is 10.1. The molecule has 0 aliphatic carbocycles. The van der Waals surface area contributed by atoms with E-state index in [0.717, 1.165) is 35.5 Å². The molecule has 0 saturated carbocycles. The summed E-state index contributed by atoms with van der Waals surface area (Å²) in [5.74, 6) is 0.921. The third-order valence-corrected chi connectivity index (χ3v) is 5.01. The van der Waals surface area contributed by atoms with Crippen LogP contribution < -0.4 is 4.90 Å². The van der Waals surface area contributed by atoms with Gasteiger partial charge in [0.1, 0.15) is 0 Å². The SMILES string of the molecule is O=C(CCc1c[nH]c2ccccc12)N1CCn2c1nc1ccccc12. The summed E-state index contributed by atoms with van der Waals surface area (Å²) < 4.78 is 2.14. The molecule has 2 aromatic heterocycles. The molecule has 25 heavy (non-hydrogen) atoms. The number of H-pyrrole nitrogens is 1. The van der Waals surface area contributed by atoms with Crippen molar-refractivity contribution in [3.8, 4) is 0 Å². The van der Waals surface area contributed by atoms with Gasteiger partial charge in [-0.25, -0.2) is 4.98 Å². The number of hydrogen-bond acceptors (Lipinski definition) is 2. The number of fused-ring (bicyclic) bond motifs is 4. The lowest BCUT2D eigenvalue weighted by Gasteiger charge is -2.13. The zero-order valence-electron chi connectivity index (χ0n) is 13.8. The minimum atomic E-state index is 0.138. The van der Waals surface area contributed by atoms with E-state index < -0.39 is 0 Å². The van der Waals surface area contributed by atoms with Crippen molar-refractivity contribution in [2.24, 2.45) is 0 Å². The normalized spacial score (nSPS) is 13.7. The number of carbonyl (C=O) groups excluding carboxylic acids is 1. The molecule has 0 saturated heterocycles. The van der Waals surface area contributed by atoms with Crippen molar-refractivity contribution in [3.63, 3.8) is 0 Å². The minimum absolute atomic E-state index is 0.138. The maximum Gasteiger partial charge on any atom is 0.229 e. The number of amides is 1. The summed E-state index contributed by atoms with van der Waals surface area (Å²) in [6.07, 6.45) is 3.24. The average molecular weight is 330 g/mol. The molecule has 5 heteroatoms. The topological polar surface area (TPSA) is 53.9 Å². The summed E-state index contributed by atoms with van der Waals surface area (Å²) in [5.41, 5.74) is 4.36. The molecule has 0 atom stereocenters. The van der Waals surface area contributed by atoms with Gasteiger partial charge >= 0.3 is 0 Å². The molecule has 5 nitrogen and oxygen atoms in total. The summed E-state index contributed by atoms with van der Waals surface area (Å²) in [6, 6.07) is 16.3. The molecule has 5 rings (SSSR count). The fraction of sp³-hybridized carbons (Fsp3) is 0.200. The number of imidazole rings is 1. The van der Waals surface area contributed by atoms with Crippen LogP contribution in [0, 0.1) is 0 Å². The molecule has 1 N–H and O–H groups in total. The van der Waals surface area contributed by atoms with Crippen molar-refractivity contribution >= 4 is 33.8 Å². The van der Waals surface area contributed by atoms with E-state index in [4.69, 9.17) is 0 Å². The van der Waals surface area contributed by atoms with E-state index in [9.17, 15) is 4.79 Å². The van der Waals surface area contributed by atoms with Gasteiger partial charge in [0.15, 0.2) is 0 Å². The van der Waals surface area contributed by atoms with Crippen LogP contribution in [0.5, 0.6) is 0 Å². The minimum Gasteiger partial charge on any atom is -0.361 e. The van der Waals surface area contributed by atoms with Gasteiger partial charge in [-0.15, -0.1) is 0 Å². The van der Waals surface area contributed by atoms with Crippen LogP contribution in [0.4, 0.5) is 5.95 Å². The fourth-order valence-corrected chi connectivity index (χ4v) is 3.74. The highest BCUT2D eigenvalue weighted by Crippen LogP contribution is 2.28. The van der Waals surface area contributed by atoms with Crippen molar-refractivity contribution in [2.45, 2.75) is 19.4 Å². The highest BCUT2D eigenvalue weighted by atomic mass is 16.2. The Bertz CT molecular complexity index is 1090. The summed E-state index contributed by atoms with van der Waals surface area (Å²) in [4.78, 5) is 22.5. The van der Waals surface area contributed by atoms with Crippen LogP contribution in [0.2, 0.25) is 0 Å². The Balaban J connectivity index is 1.38. The highest BCUT2D eigenvalue weighted by Gasteiger charge is 2.27. The van der Waals surface area contributed by atoms with Crippen LogP contribution in [0.1, 0.15) is 12.0 Å². The zero-order chi connectivity index (χ0) is 16.8. The monoisotopic (exact) mass is 330 g/mol. The molecule has 1 aliphatic rings. The van der Waals surface area contributed by atoms with Crippen LogP contribution in [0.3, 0.4) is 0 Å². The van der Waals surface area contributed by atoms with Gasteiger partial charge < -0.3 is 9.55 Å². The maximum absolute atomic E-state index is 12.8. The van der Waals surface area contributed by atoms with Crippen LogP contribution in [0.15, 0.2) is 54.7 Å². The number of aryl methyl sites for hydroxylation is 1. The smallest absolute Gasteiger partial charge is 0.229 e.